The van der Waals surface area contributed by atoms with Gasteiger partial charge in [-0.25, -0.2) is 4.79 Å². The van der Waals surface area contributed by atoms with Gasteiger partial charge in [-0.1, -0.05) is 0 Å². The Morgan fingerprint density at radius 1 is 1.69 bits per heavy atom. The lowest BCUT2D eigenvalue weighted by molar-refractivity contribution is 0.0685. The number of rotatable bonds is 3. The van der Waals surface area contributed by atoms with E-state index in [1.165, 1.54) is 10.7 Å². The fourth-order valence-electron chi connectivity index (χ4n) is 0.940. The van der Waals surface area contributed by atoms with E-state index in [1.54, 1.807) is 7.05 Å². The first-order valence-electron chi connectivity index (χ1n) is 3.94. The van der Waals surface area contributed by atoms with E-state index < -0.39 is 5.97 Å². The molecule has 72 valence electrons. The van der Waals surface area contributed by atoms with Gasteiger partial charge in [0.1, 0.15) is 5.69 Å². The van der Waals surface area contributed by atoms with Crippen molar-refractivity contribution >= 4 is 5.97 Å². The SMILES string of the molecule is CC(C)Oc1cc(C(=O)O)n(C)n1. The molecule has 0 spiro atoms. The van der Waals surface area contributed by atoms with Crippen LogP contribution < -0.4 is 4.74 Å². The molecule has 1 rings (SSSR count). The van der Waals surface area contributed by atoms with Gasteiger partial charge >= 0.3 is 5.97 Å². The zero-order valence-corrected chi connectivity index (χ0v) is 7.81. The van der Waals surface area contributed by atoms with Gasteiger partial charge in [-0.3, -0.25) is 4.68 Å². The van der Waals surface area contributed by atoms with Crippen LogP contribution in [0, 0.1) is 0 Å². The number of ether oxygens (including phenoxy) is 1. The number of carbonyl (C=O) groups is 1. The molecule has 1 aromatic heterocycles. The number of hydrogen-bond acceptors (Lipinski definition) is 3. The smallest absolute Gasteiger partial charge is 0.354 e. The first kappa shape index (κ1) is 9.57. The summed E-state index contributed by atoms with van der Waals surface area (Å²) in [7, 11) is 1.57. The third kappa shape index (κ3) is 2.21. The predicted molar refractivity (Wildman–Crippen MR) is 45.9 cm³/mol. The minimum Gasteiger partial charge on any atom is -0.477 e. The summed E-state index contributed by atoms with van der Waals surface area (Å²) in [6.45, 7) is 3.71. The quantitative estimate of drug-likeness (QED) is 0.758. The van der Waals surface area contributed by atoms with Crippen LogP contribution in [0.15, 0.2) is 6.07 Å². The summed E-state index contributed by atoms with van der Waals surface area (Å²) in [5, 5.41) is 12.6. The second-order valence-electron chi connectivity index (χ2n) is 2.96. The Labute approximate surface area is 75.9 Å². The number of carboxylic acids is 1. The Balaban J connectivity index is 2.89. The van der Waals surface area contributed by atoms with Gasteiger partial charge in [0.25, 0.3) is 0 Å². The van der Waals surface area contributed by atoms with Crippen LogP contribution in [-0.4, -0.2) is 27.0 Å². The number of carboxylic acid groups (broad SMARTS) is 1. The first-order valence-corrected chi connectivity index (χ1v) is 3.94. The maximum absolute atomic E-state index is 10.6. The van der Waals surface area contributed by atoms with Crippen molar-refractivity contribution in [3.05, 3.63) is 11.8 Å². The van der Waals surface area contributed by atoms with Gasteiger partial charge in [0, 0.05) is 13.1 Å². The van der Waals surface area contributed by atoms with Crippen LogP contribution in [0.25, 0.3) is 0 Å². The molecular weight excluding hydrogens is 172 g/mol. The van der Waals surface area contributed by atoms with E-state index >= 15 is 0 Å². The normalized spacial score (nSPS) is 10.5. The van der Waals surface area contributed by atoms with Crippen LogP contribution in [0.2, 0.25) is 0 Å². The summed E-state index contributed by atoms with van der Waals surface area (Å²) in [4.78, 5) is 10.6. The van der Waals surface area contributed by atoms with Crippen LogP contribution in [0.3, 0.4) is 0 Å². The van der Waals surface area contributed by atoms with Gasteiger partial charge in [0.15, 0.2) is 0 Å². The number of aromatic carboxylic acids is 1. The molecule has 0 fully saturated rings. The van der Waals surface area contributed by atoms with Gasteiger partial charge in [-0.2, -0.15) is 0 Å². The van der Waals surface area contributed by atoms with Crippen LogP contribution in [-0.2, 0) is 7.05 Å². The van der Waals surface area contributed by atoms with E-state index in [2.05, 4.69) is 5.10 Å². The molecule has 0 radical (unpaired) electrons. The van der Waals surface area contributed by atoms with E-state index in [9.17, 15) is 4.79 Å². The summed E-state index contributed by atoms with van der Waals surface area (Å²) < 4.78 is 6.51. The number of aryl methyl sites for hydroxylation is 1. The van der Waals surface area contributed by atoms with Crippen molar-refractivity contribution in [2.24, 2.45) is 7.05 Å². The van der Waals surface area contributed by atoms with Crippen LogP contribution in [0.4, 0.5) is 0 Å². The molecule has 0 unspecified atom stereocenters. The van der Waals surface area contributed by atoms with Crippen molar-refractivity contribution in [2.75, 3.05) is 0 Å². The highest BCUT2D eigenvalue weighted by molar-refractivity contribution is 5.85. The monoisotopic (exact) mass is 184 g/mol. The Morgan fingerprint density at radius 2 is 2.31 bits per heavy atom. The second-order valence-corrected chi connectivity index (χ2v) is 2.96. The van der Waals surface area contributed by atoms with E-state index in [-0.39, 0.29) is 11.8 Å². The van der Waals surface area contributed by atoms with Gasteiger partial charge in [0.2, 0.25) is 5.88 Å². The fraction of sp³-hybridized carbons (Fsp3) is 0.500. The largest absolute Gasteiger partial charge is 0.477 e. The Morgan fingerprint density at radius 3 is 2.69 bits per heavy atom. The molecule has 0 amide bonds. The summed E-state index contributed by atoms with van der Waals surface area (Å²) in [5.74, 6) is -0.663. The molecule has 0 saturated carbocycles. The number of aromatic nitrogens is 2. The van der Waals surface area contributed by atoms with Crippen molar-refractivity contribution in [2.45, 2.75) is 20.0 Å². The van der Waals surface area contributed by atoms with E-state index in [1.807, 2.05) is 13.8 Å². The third-order valence-electron chi connectivity index (χ3n) is 1.43. The van der Waals surface area contributed by atoms with E-state index in [4.69, 9.17) is 9.84 Å². The standard InChI is InChI=1S/C8H12N2O3/c1-5(2)13-7-4-6(8(11)12)10(3)9-7/h4-5H,1-3H3,(H,11,12). The molecule has 13 heavy (non-hydrogen) atoms. The minimum absolute atomic E-state index is 0.00320. The maximum Gasteiger partial charge on any atom is 0.354 e. The Kier molecular flexibility index (Phi) is 2.55. The highest BCUT2D eigenvalue weighted by atomic mass is 16.5. The van der Waals surface area contributed by atoms with Gasteiger partial charge in [-0.05, 0) is 13.8 Å². The summed E-state index contributed by atoms with van der Waals surface area (Å²) in [6, 6.07) is 1.41. The third-order valence-corrected chi connectivity index (χ3v) is 1.43. The van der Waals surface area contributed by atoms with Crippen molar-refractivity contribution in [1.82, 2.24) is 9.78 Å². The first-order chi connectivity index (χ1) is 6.00. The lowest BCUT2D eigenvalue weighted by Gasteiger charge is -2.04. The van der Waals surface area contributed by atoms with Crippen molar-refractivity contribution < 1.29 is 14.6 Å². The lowest BCUT2D eigenvalue weighted by atomic mass is 10.4. The highest BCUT2D eigenvalue weighted by Gasteiger charge is 2.12. The molecule has 1 aromatic rings. The molecule has 0 saturated heterocycles. The summed E-state index contributed by atoms with van der Waals surface area (Å²) >= 11 is 0. The van der Waals surface area contributed by atoms with Crippen molar-refractivity contribution in [3.8, 4) is 5.88 Å². The van der Waals surface area contributed by atoms with E-state index in [0.717, 1.165) is 0 Å². The van der Waals surface area contributed by atoms with Crippen LogP contribution in [0.5, 0.6) is 5.88 Å². The number of nitrogens with zero attached hydrogens (tertiary/aromatic N) is 2. The molecule has 0 aliphatic heterocycles. The maximum atomic E-state index is 10.6. The molecule has 0 aliphatic rings. The van der Waals surface area contributed by atoms with Crippen molar-refractivity contribution in [3.63, 3.8) is 0 Å². The van der Waals surface area contributed by atoms with Gasteiger partial charge in [0.05, 0.1) is 6.10 Å². The molecular formula is C8H12N2O3. The van der Waals surface area contributed by atoms with Gasteiger partial charge in [-0.15, -0.1) is 5.10 Å². The lowest BCUT2D eigenvalue weighted by Crippen LogP contribution is -2.06. The second kappa shape index (κ2) is 3.47. The Hall–Kier alpha value is -1.52. The van der Waals surface area contributed by atoms with E-state index in [0.29, 0.717) is 5.88 Å². The molecule has 1 N–H and O–H groups in total. The zero-order valence-electron chi connectivity index (χ0n) is 7.81. The van der Waals surface area contributed by atoms with Crippen molar-refractivity contribution in [1.29, 1.82) is 0 Å². The predicted octanol–water partition coefficient (Wildman–Crippen LogP) is 0.905. The summed E-state index contributed by atoms with van der Waals surface area (Å²) in [5.41, 5.74) is 0.121. The van der Waals surface area contributed by atoms with Crippen LogP contribution >= 0.6 is 0 Å². The zero-order chi connectivity index (χ0) is 10.0. The topological polar surface area (TPSA) is 64.3 Å². The fourth-order valence-corrected chi connectivity index (χ4v) is 0.940. The molecule has 0 bridgehead atoms. The van der Waals surface area contributed by atoms with Crippen LogP contribution in [0.1, 0.15) is 24.3 Å². The average molecular weight is 184 g/mol. The molecule has 5 heteroatoms. The average Bonchev–Trinajstić information content (AvgIpc) is 2.29. The minimum atomic E-state index is -1.01. The Bertz CT molecular complexity index is 317. The molecule has 0 atom stereocenters. The molecule has 1 heterocycles. The highest BCUT2D eigenvalue weighted by Crippen LogP contribution is 2.12. The molecule has 5 nitrogen and oxygen atoms in total. The molecule has 0 aromatic carbocycles. The number of hydrogen-bond donors (Lipinski definition) is 1. The van der Waals surface area contributed by atoms with Gasteiger partial charge < -0.3 is 9.84 Å². The summed E-state index contributed by atoms with van der Waals surface area (Å²) in [6.07, 6.45) is -0.00320. The molecule has 0 aliphatic carbocycles.